The van der Waals surface area contributed by atoms with Crippen LogP contribution in [-0.4, -0.2) is 8.07 Å². The predicted octanol–water partition coefficient (Wildman–Crippen LogP) is 13.1. The molecule has 2 unspecified atom stereocenters. The molecular formula is C50H46O2Si. The van der Waals surface area contributed by atoms with Crippen LogP contribution in [0.3, 0.4) is 0 Å². The average molecular weight is 707 g/mol. The van der Waals surface area contributed by atoms with Crippen molar-refractivity contribution >= 4 is 31.4 Å². The number of fused-ring (bicyclic) bond motifs is 4. The molecule has 6 aromatic rings. The Morgan fingerprint density at radius 2 is 0.962 bits per heavy atom. The van der Waals surface area contributed by atoms with Crippen LogP contribution in [0.2, 0.25) is 12.1 Å². The van der Waals surface area contributed by atoms with Gasteiger partial charge in [-0.05, 0) is 156 Å². The summed E-state index contributed by atoms with van der Waals surface area (Å²) in [5, 5.41) is 0. The van der Waals surface area contributed by atoms with Gasteiger partial charge >= 0.3 is 0 Å². The van der Waals surface area contributed by atoms with Crippen LogP contribution in [0.15, 0.2) is 106 Å². The number of benzene rings is 4. The Bertz CT molecular complexity index is 2310. The molecule has 3 heteroatoms. The van der Waals surface area contributed by atoms with Crippen molar-refractivity contribution in [3.05, 3.63) is 165 Å². The quantitative estimate of drug-likeness (QED) is 0.161. The summed E-state index contributed by atoms with van der Waals surface area (Å²) in [6.07, 6.45) is 15.0. The molecule has 0 spiro atoms. The number of allylic oxidation sites excluding steroid dienone is 2. The fraction of sp³-hybridized carbons (Fsp3) is 0.280. The van der Waals surface area contributed by atoms with Crippen LogP contribution in [-0.2, 0) is 25.7 Å². The van der Waals surface area contributed by atoms with Crippen molar-refractivity contribution in [3.63, 3.8) is 0 Å². The van der Waals surface area contributed by atoms with Gasteiger partial charge in [-0.25, -0.2) is 0 Å². The van der Waals surface area contributed by atoms with Gasteiger partial charge in [0.2, 0.25) is 0 Å². The van der Waals surface area contributed by atoms with E-state index in [9.17, 15) is 0 Å². The molecule has 0 radical (unpaired) electrons. The van der Waals surface area contributed by atoms with E-state index in [0.717, 1.165) is 35.9 Å². The van der Waals surface area contributed by atoms with E-state index >= 15 is 0 Å². The van der Waals surface area contributed by atoms with Crippen LogP contribution in [0.5, 0.6) is 0 Å². The molecule has 53 heavy (non-hydrogen) atoms. The van der Waals surface area contributed by atoms with Crippen LogP contribution in [0.1, 0.15) is 104 Å². The van der Waals surface area contributed by atoms with Crippen molar-refractivity contribution in [1.29, 1.82) is 0 Å². The summed E-state index contributed by atoms with van der Waals surface area (Å²) in [6, 6.07) is 39.4. The first-order valence-electron chi connectivity index (χ1n) is 20.1. The van der Waals surface area contributed by atoms with Crippen LogP contribution < -0.4 is 0 Å². The summed E-state index contributed by atoms with van der Waals surface area (Å²) in [6.45, 7) is 4.21. The molecule has 5 aliphatic rings. The Hall–Kier alpha value is -4.86. The highest BCUT2D eigenvalue weighted by molar-refractivity contribution is 6.86. The summed E-state index contributed by atoms with van der Waals surface area (Å²) in [4.78, 5) is 0. The van der Waals surface area contributed by atoms with Crippen molar-refractivity contribution in [1.82, 2.24) is 0 Å². The number of hydrogen-bond acceptors (Lipinski definition) is 2. The van der Waals surface area contributed by atoms with Crippen molar-refractivity contribution in [2.24, 2.45) is 0 Å². The van der Waals surface area contributed by atoms with Gasteiger partial charge in [-0.2, -0.15) is 0 Å². The number of aryl methyl sites for hydroxylation is 4. The molecule has 0 saturated carbocycles. The lowest BCUT2D eigenvalue weighted by atomic mass is 9.89. The fourth-order valence-corrected chi connectivity index (χ4v) is 18.6. The Morgan fingerprint density at radius 3 is 1.38 bits per heavy atom. The molecule has 1 fully saturated rings. The molecule has 2 nitrogen and oxygen atoms in total. The molecule has 2 atom stereocenters. The van der Waals surface area contributed by atoms with Crippen molar-refractivity contribution < 1.29 is 8.83 Å². The SMILES string of the molecule is Cc1ccc(C2=Cc3c(cc4c(c3-c3ccccc3)CCC4)C2[Si]2(C3C(c4ccc(C)o4)=Cc4c3cc3c(c4-c4ccccc4)CCC3)CCCC2)o1. The summed E-state index contributed by atoms with van der Waals surface area (Å²) < 4.78 is 13.4. The monoisotopic (exact) mass is 706 g/mol. The van der Waals surface area contributed by atoms with E-state index in [1.807, 2.05) is 0 Å². The molecule has 11 rings (SSSR count). The standard InChI is InChI=1S/C50H46O2Si/c1-31-21-23-45(51-31)43-29-39-41(27-35-17-11-19-37(35)47(39)33-13-5-3-6-14-33)49(43)53(25-9-10-26-53)50-42-28-36-18-12-20-38(36)48(34-15-7-4-8-16-34)40(42)30-44(50)46-24-22-32(2)52-46/h3-8,13-16,21-24,27-30,49-50H,9-12,17-20,25-26H2,1-2H3. The van der Waals surface area contributed by atoms with Crippen LogP contribution in [0, 0.1) is 13.8 Å². The molecule has 1 aliphatic heterocycles. The van der Waals surface area contributed by atoms with Gasteiger partial charge in [0.25, 0.3) is 0 Å². The van der Waals surface area contributed by atoms with Crippen LogP contribution in [0.4, 0.5) is 0 Å². The molecule has 4 aliphatic carbocycles. The van der Waals surface area contributed by atoms with Crippen LogP contribution >= 0.6 is 0 Å². The average Bonchev–Trinajstić information content (AvgIpc) is 4.03. The maximum Gasteiger partial charge on any atom is 0.130 e. The highest BCUT2D eigenvalue weighted by Gasteiger charge is 2.57. The lowest BCUT2D eigenvalue weighted by Gasteiger charge is -2.42. The lowest BCUT2D eigenvalue weighted by molar-refractivity contribution is 0.519. The maximum atomic E-state index is 6.69. The number of hydrogen-bond donors (Lipinski definition) is 0. The van der Waals surface area contributed by atoms with E-state index in [0.29, 0.717) is 11.1 Å². The van der Waals surface area contributed by atoms with Gasteiger partial charge in [-0.3, -0.25) is 0 Å². The molecule has 4 aromatic carbocycles. The minimum atomic E-state index is -2.31. The van der Waals surface area contributed by atoms with Gasteiger partial charge in [-0.1, -0.05) is 97.7 Å². The Morgan fingerprint density at radius 1 is 0.509 bits per heavy atom. The first-order valence-corrected chi connectivity index (χ1v) is 22.7. The van der Waals surface area contributed by atoms with E-state index in [1.165, 1.54) is 95.1 Å². The second kappa shape index (κ2) is 12.1. The molecule has 2 aromatic heterocycles. The topological polar surface area (TPSA) is 26.3 Å². The summed E-state index contributed by atoms with van der Waals surface area (Å²) in [5.41, 5.74) is 21.6. The smallest absolute Gasteiger partial charge is 0.130 e. The van der Waals surface area contributed by atoms with E-state index < -0.39 is 8.07 Å². The predicted molar refractivity (Wildman–Crippen MR) is 221 cm³/mol. The summed E-state index contributed by atoms with van der Waals surface area (Å²) >= 11 is 0. The van der Waals surface area contributed by atoms with Gasteiger partial charge in [0.1, 0.15) is 23.0 Å². The van der Waals surface area contributed by atoms with E-state index in [4.69, 9.17) is 8.83 Å². The van der Waals surface area contributed by atoms with Gasteiger partial charge in [0, 0.05) is 22.2 Å². The van der Waals surface area contributed by atoms with Crippen LogP contribution in [0.25, 0.3) is 45.6 Å². The third-order valence-electron chi connectivity index (χ3n) is 13.6. The third-order valence-corrected chi connectivity index (χ3v) is 19.8. The summed E-state index contributed by atoms with van der Waals surface area (Å²) in [5.74, 6) is 4.12. The number of furan rings is 2. The van der Waals surface area contributed by atoms with E-state index in [-0.39, 0.29) is 0 Å². The minimum Gasteiger partial charge on any atom is -0.462 e. The zero-order valence-corrected chi connectivity index (χ0v) is 31.9. The van der Waals surface area contributed by atoms with Gasteiger partial charge < -0.3 is 8.83 Å². The first kappa shape index (κ1) is 31.6. The van der Waals surface area contributed by atoms with Crippen molar-refractivity contribution in [2.75, 3.05) is 0 Å². The first-order chi connectivity index (χ1) is 26.1. The Labute approximate surface area is 314 Å². The van der Waals surface area contributed by atoms with Gasteiger partial charge in [-0.15, -0.1) is 0 Å². The highest BCUT2D eigenvalue weighted by atomic mass is 28.3. The van der Waals surface area contributed by atoms with E-state index in [1.54, 1.807) is 33.4 Å². The van der Waals surface area contributed by atoms with Gasteiger partial charge in [0.05, 0.1) is 8.07 Å². The Balaban J connectivity index is 1.20. The fourth-order valence-electron chi connectivity index (χ4n) is 11.7. The molecule has 262 valence electrons. The van der Waals surface area contributed by atoms with Crippen molar-refractivity contribution in [3.8, 4) is 22.3 Å². The largest absolute Gasteiger partial charge is 0.462 e. The lowest BCUT2D eigenvalue weighted by Crippen LogP contribution is -2.45. The molecule has 1 saturated heterocycles. The van der Waals surface area contributed by atoms with E-state index in [2.05, 4.69) is 123 Å². The molecule has 0 amide bonds. The maximum absolute atomic E-state index is 6.69. The zero-order valence-electron chi connectivity index (χ0n) is 30.9. The normalized spacial score (nSPS) is 20.6. The molecule has 3 heterocycles. The van der Waals surface area contributed by atoms with Crippen molar-refractivity contribution in [2.45, 2.75) is 88.4 Å². The molecular weight excluding hydrogens is 661 g/mol. The minimum absolute atomic E-state index is 0.336. The number of rotatable bonds is 6. The third kappa shape index (κ3) is 4.75. The highest BCUT2D eigenvalue weighted by Crippen LogP contribution is 2.64. The zero-order chi connectivity index (χ0) is 35.3. The second-order valence-corrected chi connectivity index (χ2v) is 21.2. The molecule has 0 N–H and O–H groups in total. The molecule has 0 bridgehead atoms. The van der Waals surface area contributed by atoms with Gasteiger partial charge in [0.15, 0.2) is 0 Å². The summed E-state index contributed by atoms with van der Waals surface area (Å²) in [7, 11) is -2.31. The Kier molecular flexibility index (Phi) is 7.21. The second-order valence-electron chi connectivity index (χ2n) is 16.5.